The monoisotopic (exact) mass is 372 g/mol. The molecule has 0 aliphatic rings. The third kappa shape index (κ3) is 2.67. The summed E-state index contributed by atoms with van der Waals surface area (Å²) in [5, 5.41) is 0. The number of thiophene rings is 1. The molecule has 0 unspecified atom stereocenters. The summed E-state index contributed by atoms with van der Waals surface area (Å²) in [6.45, 7) is 0. The summed E-state index contributed by atoms with van der Waals surface area (Å²) in [5.74, 6) is 0.330. The van der Waals surface area contributed by atoms with Gasteiger partial charge < -0.3 is 9.30 Å². The second-order valence-corrected chi connectivity index (χ2v) is 7.70. The van der Waals surface area contributed by atoms with Gasteiger partial charge in [-0.05, 0) is 18.2 Å². The van der Waals surface area contributed by atoms with Crippen molar-refractivity contribution >= 4 is 62.0 Å². The van der Waals surface area contributed by atoms with E-state index < -0.39 is 5.91 Å². The van der Waals surface area contributed by atoms with Gasteiger partial charge in [0.2, 0.25) is 0 Å². The number of carbonyl (C=O) groups is 1. The molecule has 0 saturated heterocycles. The molecule has 8 heteroatoms. The van der Waals surface area contributed by atoms with Crippen LogP contribution >= 0.6 is 45.9 Å². The molecule has 3 aromatic rings. The Balaban J connectivity index is 2.16. The first kappa shape index (κ1) is 15.6. The number of hydrogen-bond acceptors (Lipinski definition) is 4. The van der Waals surface area contributed by atoms with Gasteiger partial charge in [-0.25, -0.2) is 0 Å². The quantitative estimate of drug-likeness (QED) is 0.670. The van der Waals surface area contributed by atoms with E-state index in [0.717, 1.165) is 27.3 Å². The van der Waals surface area contributed by atoms with Gasteiger partial charge in [-0.15, -0.1) is 11.3 Å². The van der Waals surface area contributed by atoms with E-state index in [1.54, 1.807) is 7.11 Å². The minimum Gasteiger partial charge on any atom is -0.495 e. The molecule has 4 nitrogen and oxygen atoms in total. The van der Waals surface area contributed by atoms with Crippen molar-refractivity contribution in [2.75, 3.05) is 7.11 Å². The van der Waals surface area contributed by atoms with Crippen molar-refractivity contribution in [3.63, 3.8) is 0 Å². The van der Waals surface area contributed by atoms with Gasteiger partial charge in [-0.2, -0.15) is 4.99 Å². The van der Waals surface area contributed by atoms with Crippen molar-refractivity contribution in [3.8, 4) is 5.75 Å². The SMILES string of the molecule is COc1cccc2sc(=NC(=O)c3cc(Cl)sc3Cl)n(C)c12. The molecule has 0 bridgehead atoms. The van der Waals surface area contributed by atoms with E-state index in [4.69, 9.17) is 27.9 Å². The van der Waals surface area contributed by atoms with Gasteiger partial charge >= 0.3 is 0 Å². The Hall–Kier alpha value is -1.34. The molecule has 2 aromatic heterocycles. The molecule has 0 aliphatic carbocycles. The van der Waals surface area contributed by atoms with Crippen LogP contribution in [-0.4, -0.2) is 17.6 Å². The standard InChI is InChI=1S/C14H10Cl2N2O2S2/c1-18-11-8(20-2)4-3-5-9(11)21-14(18)17-13(19)7-6-10(15)22-12(7)16/h3-6H,1-2H3. The third-order valence-electron chi connectivity index (χ3n) is 3.09. The zero-order valence-corrected chi connectivity index (χ0v) is 14.7. The number of fused-ring (bicyclic) bond motifs is 1. The smallest absolute Gasteiger partial charge is 0.282 e. The summed E-state index contributed by atoms with van der Waals surface area (Å²) >= 11 is 14.4. The van der Waals surface area contributed by atoms with Crippen molar-refractivity contribution in [2.24, 2.45) is 12.0 Å². The fourth-order valence-electron chi connectivity index (χ4n) is 2.07. The lowest BCUT2D eigenvalue weighted by Crippen LogP contribution is -2.13. The normalized spacial score (nSPS) is 12.1. The Morgan fingerprint density at radius 1 is 1.32 bits per heavy atom. The Kier molecular flexibility index (Phi) is 4.27. The van der Waals surface area contributed by atoms with Crippen molar-refractivity contribution in [3.05, 3.63) is 43.3 Å². The number of carbonyl (C=O) groups excluding carboxylic acids is 1. The van der Waals surface area contributed by atoms with Crippen LogP contribution in [0.15, 0.2) is 29.3 Å². The first-order valence-corrected chi connectivity index (χ1v) is 8.56. The molecule has 0 atom stereocenters. The maximum Gasteiger partial charge on any atom is 0.282 e. The zero-order chi connectivity index (χ0) is 15.9. The molecule has 1 aromatic carbocycles. The number of ether oxygens (including phenoxy) is 1. The van der Waals surface area contributed by atoms with Gasteiger partial charge in [-0.3, -0.25) is 4.79 Å². The van der Waals surface area contributed by atoms with Crippen molar-refractivity contribution < 1.29 is 9.53 Å². The molecule has 3 rings (SSSR count). The number of benzene rings is 1. The summed E-state index contributed by atoms with van der Waals surface area (Å²) in [6.07, 6.45) is 0. The molecule has 114 valence electrons. The number of amides is 1. The molecule has 2 heterocycles. The molecule has 0 aliphatic heterocycles. The van der Waals surface area contributed by atoms with Crippen LogP contribution in [0.3, 0.4) is 0 Å². The van der Waals surface area contributed by atoms with Crippen molar-refractivity contribution in [1.29, 1.82) is 0 Å². The van der Waals surface area contributed by atoms with Gasteiger partial charge in [-0.1, -0.05) is 40.6 Å². The van der Waals surface area contributed by atoms with E-state index >= 15 is 0 Å². The van der Waals surface area contributed by atoms with Gasteiger partial charge in [0.1, 0.15) is 15.6 Å². The minimum absolute atomic E-state index is 0.320. The topological polar surface area (TPSA) is 43.6 Å². The third-order valence-corrected chi connectivity index (χ3v) is 5.67. The predicted octanol–water partition coefficient (Wildman–Crippen LogP) is 4.36. The lowest BCUT2D eigenvalue weighted by molar-refractivity contribution is 0.0998. The molecular weight excluding hydrogens is 363 g/mol. The molecule has 0 N–H and O–H groups in total. The number of methoxy groups -OCH3 is 1. The fraction of sp³-hybridized carbons (Fsp3) is 0.143. The molecule has 0 saturated carbocycles. The lowest BCUT2D eigenvalue weighted by atomic mass is 10.3. The highest BCUT2D eigenvalue weighted by molar-refractivity contribution is 7.20. The van der Waals surface area contributed by atoms with E-state index in [-0.39, 0.29) is 0 Å². The van der Waals surface area contributed by atoms with Crippen LogP contribution in [0, 0.1) is 0 Å². The highest BCUT2D eigenvalue weighted by Gasteiger charge is 2.15. The number of halogens is 2. The zero-order valence-electron chi connectivity index (χ0n) is 11.6. The average Bonchev–Trinajstić information content (AvgIpc) is 2.99. The summed E-state index contributed by atoms with van der Waals surface area (Å²) in [5.41, 5.74) is 1.22. The second kappa shape index (κ2) is 6.04. The van der Waals surface area contributed by atoms with Gasteiger partial charge in [0.25, 0.3) is 5.91 Å². The highest BCUT2D eigenvalue weighted by Crippen LogP contribution is 2.31. The van der Waals surface area contributed by atoms with Crippen LogP contribution < -0.4 is 9.54 Å². The van der Waals surface area contributed by atoms with Crippen LogP contribution in [0.5, 0.6) is 5.75 Å². The van der Waals surface area contributed by atoms with Crippen LogP contribution in [0.25, 0.3) is 10.2 Å². The first-order chi connectivity index (χ1) is 10.5. The summed E-state index contributed by atoms with van der Waals surface area (Å²) in [4.78, 5) is 17.0. The Bertz CT molecular complexity index is 940. The van der Waals surface area contributed by atoms with E-state index in [9.17, 15) is 4.79 Å². The van der Waals surface area contributed by atoms with Crippen molar-refractivity contribution in [2.45, 2.75) is 0 Å². The number of hydrogen-bond donors (Lipinski definition) is 0. The molecule has 1 amide bonds. The summed E-state index contributed by atoms with van der Waals surface area (Å²) in [6, 6.07) is 7.27. The molecule has 0 fully saturated rings. The minimum atomic E-state index is -0.408. The van der Waals surface area contributed by atoms with Gasteiger partial charge in [0.15, 0.2) is 4.80 Å². The molecule has 22 heavy (non-hydrogen) atoms. The maximum atomic E-state index is 12.3. The average molecular weight is 373 g/mol. The summed E-state index contributed by atoms with van der Waals surface area (Å²) < 4.78 is 8.99. The number of aryl methyl sites for hydroxylation is 1. The number of para-hydroxylation sites is 1. The predicted molar refractivity (Wildman–Crippen MR) is 91.6 cm³/mol. The number of aromatic nitrogens is 1. The van der Waals surface area contributed by atoms with E-state index in [2.05, 4.69) is 4.99 Å². The van der Waals surface area contributed by atoms with E-state index in [1.807, 2.05) is 29.8 Å². The van der Waals surface area contributed by atoms with E-state index in [1.165, 1.54) is 17.4 Å². The first-order valence-electron chi connectivity index (χ1n) is 6.17. The van der Waals surface area contributed by atoms with Crippen molar-refractivity contribution in [1.82, 2.24) is 4.57 Å². The van der Waals surface area contributed by atoms with Crippen LogP contribution in [-0.2, 0) is 7.05 Å². The van der Waals surface area contributed by atoms with Gasteiger partial charge in [0.05, 0.1) is 21.7 Å². The Morgan fingerprint density at radius 2 is 2.09 bits per heavy atom. The fourth-order valence-corrected chi connectivity index (χ4v) is 4.56. The number of nitrogens with zero attached hydrogens (tertiary/aromatic N) is 2. The maximum absolute atomic E-state index is 12.3. The van der Waals surface area contributed by atoms with Gasteiger partial charge in [0, 0.05) is 7.05 Å². The number of thiazole rings is 1. The molecule has 0 spiro atoms. The largest absolute Gasteiger partial charge is 0.495 e. The summed E-state index contributed by atoms with van der Waals surface area (Å²) in [7, 11) is 3.46. The van der Waals surface area contributed by atoms with Crippen LogP contribution in [0.4, 0.5) is 0 Å². The Morgan fingerprint density at radius 3 is 2.73 bits per heavy atom. The lowest BCUT2D eigenvalue weighted by Gasteiger charge is -2.02. The van der Waals surface area contributed by atoms with Crippen LogP contribution in [0.2, 0.25) is 8.67 Å². The second-order valence-electron chi connectivity index (χ2n) is 4.41. The van der Waals surface area contributed by atoms with E-state index in [0.29, 0.717) is 19.0 Å². The number of rotatable bonds is 2. The van der Waals surface area contributed by atoms with Crippen LogP contribution in [0.1, 0.15) is 10.4 Å². The Labute approximate surface area is 144 Å². The molecular formula is C14H10Cl2N2O2S2. The highest BCUT2D eigenvalue weighted by atomic mass is 35.5. The molecule has 0 radical (unpaired) electrons.